The van der Waals surface area contributed by atoms with E-state index in [9.17, 15) is 0 Å². The van der Waals surface area contributed by atoms with Crippen LogP contribution in [0.1, 0.15) is 72.9 Å². The van der Waals surface area contributed by atoms with Crippen molar-refractivity contribution in [3.8, 4) is 0 Å². The lowest BCUT2D eigenvalue weighted by Crippen LogP contribution is -1.88. The molecule has 0 N–H and O–H groups in total. The van der Waals surface area contributed by atoms with Crippen LogP contribution in [0.5, 0.6) is 0 Å². The highest BCUT2D eigenvalue weighted by Crippen LogP contribution is 2.25. The molecule has 0 fully saturated rings. The number of benzene rings is 3. The molecule has 0 spiro atoms. The second kappa shape index (κ2) is 10.8. The van der Waals surface area contributed by atoms with Gasteiger partial charge in [-0.2, -0.15) is 0 Å². The van der Waals surface area contributed by atoms with Crippen LogP contribution in [0.3, 0.4) is 0 Å². The van der Waals surface area contributed by atoms with Gasteiger partial charge in [-0.3, -0.25) is 0 Å². The number of hydrogen-bond acceptors (Lipinski definition) is 0. The molecule has 3 aromatic carbocycles. The molecule has 3 rings (SSSR count). The fourth-order valence-electron chi connectivity index (χ4n) is 3.19. The lowest BCUT2D eigenvalue weighted by Gasteiger charge is -2.07. The van der Waals surface area contributed by atoms with Crippen molar-refractivity contribution in [2.75, 3.05) is 0 Å². The summed E-state index contributed by atoms with van der Waals surface area (Å²) in [5, 5.41) is 0. The van der Waals surface area contributed by atoms with E-state index in [2.05, 4.69) is 158 Å². The molecule has 0 saturated carbocycles. The van der Waals surface area contributed by atoms with Gasteiger partial charge in [-0.05, 0) is 103 Å². The Kier molecular flexibility index (Phi) is 8.35. The molecule has 30 heavy (non-hydrogen) atoms. The Bertz CT molecular complexity index is 950. The maximum Gasteiger partial charge on any atom is 0.0209 e. The average Bonchev–Trinajstić information content (AvgIpc) is 2.73. The molecule has 0 bridgehead atoms. The van der Waals surface area contributed by atoms with E-state index in [1.165, 1.54) is 40.5 Å². The molecule has 154 valence electrons. The normalized spacial score (nSPS) is 12.0. The molecule has 0 aromatic heterocycles. The number of rotatable bonds is 6. The van der Waals surface area contributed by atoms with Gasteiger partial charge in [0.2, 0.25) is 0 Å². The summed E-state index contributed by atoms with van der Waals surface area (Å²) < 4.78 is 2.52. The van der Waals surface area contributed by atoms with Crippen molar-refractivity contribution in [3.63, 3.8) is 0 Å². The second-order valence-corrected chi connectivity index (χ2v) is 10.5. The first-order chi connectivity index (χ1) is 14.3. The van der Waals surface area contributed by atoms with Crippen LogP contribution in [-0.4, -0.2) is 0 Å². The van der Waals surface area contributed by atoms with E-state index in [4.69, 9.17) is 0 Å². The standard InChI is InChI=1S/C28H28I2/c1-19(2)23-11-5-21(6-12-23)9-15-25-17-28(30)26(18-27(25)29)16-10-22-7-13-24(14-8-22)20(3)4/h5-20H,1-4H3/b15-9+,16-10+. The third kappa shape index (κ3) is 6.30. The van der Waals surface area contributed by atoms with Gasteiger partial charge in [0, 0.05) is 7.14 Å². The highest BCUT2D eigenvalue weighted by atomic mass is 127. The topological polar surface area (TPSA) is 0 Å². The predicted octanol–water partition coefficient (Wildman–Crippen LogP) is 9.48. The van der Waals surface area contributed by atoms with Crippen LogP contribution >= 0.6 is 45.2 Å². The van der Waals surface area contributed by atoms with Gasteiger partial charge in [0.1, 0.15) is 0 Å². The van der Waals surface area contributed by atoms with E-state index in [0.717, 1.165) is 0 Å². The molecule has 0 atom stereocenters. The highest BCUT2D eigenvalue weighted by molar-refractivity contribution is 14.1. The second-order valence-electron chi connectivity index (χ2n) is 8.20. The first kappa shape index (κ1) is 23.3. The summed E-state index contributed by atoms with van der Waals surface area (Å²) >= 11 is 4.87. The van der Waals surface area contributed by atoms with Crippen molar-refractivity contribution < 1.29 is 0 Å². The van der Waals surface area contributed by atoms with Crippen LogP contribution in [0.15, 0.2) is 60.7 Å². The minimum atomic E-state index is 0.569. The van der Waals surface area contributed by atoms with Crippen LogP contribution in [0.2, 0.25) is 0 Å². The van der Waals surface area contributed by atoms with Crippen molar-refractivity contribution in [2.24, 2.45) is 0 Å². The monoisotopic (exact) mass is 618 g/mol. The maximum absolute atomic E-state index is 2.44. The van der Waals surface area contributed by atoms with Gasteiger partial charge in [0.05, 0.1) is 0 Å². The zero-order valence-electron chi connectivity index (χ0n) is 18.0. The van der Waals surface area contributed by atoms with Gasteiger partial charge in [-0.15, -0.1) is 0 Å². The highest BCUT2D eigenvalue weighted by Gasteiger charge is 2.04. The number of halogens is 2. The van der Waals surface area contributed by atoms with Crippen LogP contribution in [-0.2, 0) is 0 Å². The van der Waals surface area contributed by atoms with Crippen molar-refractivity contribution in [2.45, 2.75) is 39.5 Å². The molecule has 2 heteroatoms. The maximum atomic E-state index is 2.44. The molecule has 0 radical (unpaired) electrons. The zero-order chi connectivity index (χ0) is 21.7. The molecule has 0 aliphatic rings. The van der Waals surface area contributed by atoms with E-state index in [1.807, 2.05) is 0 Å². The lowest BCUT2D eigenvalue weighted by atomic mass is 10.0. The third-order valence-corrected chi connectivity index (χ3v) is 7.10. The van der Waals surface area contributed by atoms with Crippen LogP contribution in [0.4, 0.5) is 0 Å². The van der Waals surface area contributed by atoms with E-state index in [0.29, 0.717) is 11.8 Å². The summed E-state index contributed by atoms with van der Waals surface area (Å²) in [6.45, 7) is 8.91. The quantitative estimate of drug-likeness (QED) is 0.191. The fraction of sp³-hybridized carbons (Fsp3) is 0.214. The Balaban J connectivity index is 1.76. The smallest absolute Gasteiger partial charge is 0.0209 e. The van der Waals surface area contributed by atoms with Crippen LogP contribution in [0.25, 0.3) is 24.3 Å². The summed E-state index contributed by atoms with van der Waals surface area (Å²) in [5.41, 5.74) is 7.74. The van der Waals surface area contributed by atoms with Crippen LogP contribution in [0, 0.1) is 7.14 Å². The lowest BCUT2D eigenvalue weighted by molar-refractivity contribution is 0.866. The fourth-order valence-corrected chi connectivity index (χ4v) is 4.53. The Morgan fingerprint density at radius 2 is 0.867 bits per heavy atom. The van der Waals surface area contributed by atoms with Crippen molar-refractivity contribution >= 4 is 69.5 Å². The van der Waals surface area contributed by atoms with Gasteiger partial charge < -0.3 is 0 Å². The molecule has 0 amide bonds. The van der Waals surface area contributed by atoms with Gasteiger partial charge in [-0.25, -0.2) is 0 Å². The Hall–Kier alpha value is -1.40. The minimum absolute atomic E-state index is 0.569. The molecule has 0 saturated heterocycles. The van der Waals surface area contributed by atoms with E-state index in [-0.39, 0.29) is 0 Å². The molecular formula is C28H28I2. The average molecular weight is 618 g/mol. The van der Waals surface area contributed by atoms with Gasteiger partial charge in [0.25, 0.3) is 0 Å². The van der Waals surface area contributed by atoms with E-state index < -0.39 is 0 Å². The minimum Gasteiger partial charge on any atom is -0.0587 e. The third-order valence-electron chi connectivity index (χ3n) is 5.23. The molecule has 3 aromatic rings. The Morgan fingerprint density at radius 3 is 1.17 bits per heavy atom. The summed E-state index contributed by atoms with van der Waals surface area (Å²) in [5.74, 6) is 1.14. The molecular weight excluding hydrogens is 590 g/mol. The summed E-state index contributed by atoms with van der Waals surface area (Å²) in [4.78, 5) is 0. The first-order valence-electron chi connectivity index (χ1n) is 10.4. The van der Waals surface area contributed by atoms with E-state index >= 15 is 0 Å². The first-order valence-corrected chi connectivity index (χ1v) is 12.5. The summed E-state index contributed by atoms with van der Waals surface area (Å²) in [6.07, 6.45) is 8.83. The van der Waals surface area contributed by atoms with Crippen molar-refractivity contribution in [3.05, 3.63) is 101 Å². The molecule has 0 aliphatic carbocycles. The molecule has 0 heterocycles. The van der Waals surface area contributed by atoms with Gasteiger partial charge >= 0.3 is 0 Å². The van der Waals surface area contributed by atoms with Crippen LogP contribution < -0.4 is 0 Å². The summed E-state index contributed by atoms with van der Waals surface area (Å²) in [6, 6.07) is 22.2. The van der Waals surface area contributed by atoms with E-state index in [1.54, 1.807) is 0 Å². The summed E-state index contributed by atoms with van der Waals surface area (Å²) in [7, 11) is 0. The molecule has 0 unspecified atom stereocenters. The van der Waals surface area contributed by atoms with Gasteiger partial charge in [0.15, 0.2) is 0 Å². The Morgan fingerprint density at radius 1 is 0.533 bits per heavy atom. The molecule has 0 aliphatic heterocycles. The number of hydrogen-bond donors (Lipinski definition) is 0. The molecule has 0 nitrogen and oxygen atoms in total. The predicted molar refractivity (Wildman–Crippen MR) is 151 cm³/mol. The largest absolute Gasteiger partial charge is 0.0587 e. The SMILES string of the molecule is CC(C)c1ccc(/C=C/c2cc(I)c(/C=C/c3ccc(C(C)C)cc3)cc2I)cc1. The zero-order valence-corrected chi connectivity index (χ0v) is 22.3. The van der Waals surface area contributed by atoms with Gasteiger partial charge in [-0.1, -0.05) is 101 Å². The van der Waals surface area contributed by atoms with Crippen molar-refractivity contribution in [1.29, 1.82) is 0 Å². The Labute approximate surface area is 208 Å². The van der Waals surface area contributed by atoms with Crippen molar-refractivity contribution in [1.82, 2.24) is 0 Å².